The number of carbonyl (C=O) groups excluding carboxylic acids is 1. The predicted octanol–water partition coefficient (Wildman–Crippen LogP) is 1.22. The Bertz CT molecular complexity index is 541. The fourth-order valence-corrected chi connectivity index (χ4v) is 1.27. The van der Waals surface area contributed by atoms with Gasteiger partial charge in [0.2, 0.25) is 0 Å². The van der Waals surface area contributed by atoms with Gasteiger partial charge in [-0.05, 0) is 19.1 Å². The molecule has 0 spiro atoms. The van der Waals surface area contributed by atoms with Gasteiger partial charge in [0.25, 0.3) is 0 Å². The van der Waals surface area contributed by atoms with Gasteiger partial charge in [0.05, 0.1) is 5.39 Å². The molecule has 0 amide bonds. The summed E-state index contributed by atoms with van der Waals surface area (Å²) < 4.78 is 0. The summed E-state index contributed by atoms with van der Waals surface area (Å²) in [6, 6.07) is 3.56. The van der Waals surface area contributed by atoms with Gasteiger partial charge in [0.15, 0.2) is 11.5 Å². The van der Waals surface area contributed by atoms with Crippen molar-refractivity contribution in [3.63, 3.8) is 0 Å². The van der Waals surface area contributed by atoms with Crippen molar-refractivity contribution in [3.8, 4) is 0 Å². The first-order valence-corrected chi connectivity index (χ1v) is 4.69. The second-order valence-corrected chi connectivity index (χ2v) is 3.19. The van der Waals surface area contributed by atoms with Crippen LogP contribution in [0.15, 0.2) is 18.3 Å². The summed E-state index contributed by atoms with van der Waals surface area (Å²) >= 11 is 0. The first kappa shape index (κ1) is 10.3. The van der Waals surface area contributed by atoms with Crippen molar-refractivity contribution in [3.05, 3.63) is 24.2 Å². The van der Waals surface area contributed by atoms with Crippen LogP contribution in [0.1, 0.15) is 12.7 Å². The van der Waals surface area contributed by atoms with E-state index in [0.717, 1.165) is 0 Å². The van der Waals surface area contributed by atoms with Crippen molar-refractivity contribution in [1.29, 1.82) is 0 Å². The van der Waals surface area contributed by atoms with Crippen LogP contribution < -0.4 is 5.48 Å². The van der Waals surface area contributed by atoms with Crippen molar-refractivity contribution in [2.45, 2.75) is 13.8 Å². The van der Waals surface area contributed by atoms with Crippen LogP contribution in [0.25, 0.3) is 11.0 Å². The smallest absolute Gasteiger partial charge is 0.329 e. The second-order valence-electron chi connectivity index (χ2n) is 3.19. The third-order valence-corrected chi connectivity index (χ3v) is 1.87. The minimum absolute atomic E-state index is 0.436. The van der Waals surface area contributed by atoms with E-state index in [2.05, 4.69) is 25.3 Å². The summed E-state index contributed by atoms with van der Waals surface area (Å²) in [5.41, 5.74) is 3.05. The maximum atomic E-state index is 10.7. The van der Waals surface area contributed by atoms with Crippen molar-refractivity contribution in [2.75, 3.05) is 5.48 Å². The molecule has 82 valence electrons. The number of rotatable bonds is 2. The molecule has 2 rings (SSSR count). The summed E-state index contributed by atoms with van der Waals surface area (Å²) in [5.74, 6) is 0.556. The fourth-order valence-electron chi connectivity index (χ4n) is 1.27. The van der Waals surface area contributed by atoms with Gasteiger partial charge in [0, 0.05) is 13.1 Å². The molecule has 0 unspecified atom stereocenters. The van der Waals surface area contributed by atoms with Crippen LogP contribution in [-0.2, 0) is 9.63 Å². The third-order valence-electron chi connectivity index (χ3n) is 1.87. The molecular formula is C10H10N4O2. The maximum absolute atomic E-state index is 10.7. The molecule has 0 saturated carbocycles. The van der Waals surface area contributed by atoms with E-state index >= 15 is 0 Å². The number of aryl methyl sites for hydroxylation is 1. The SMILES string of the molecule is CC(=O)ONc1nc(C)nc2ncccc12. The van der Waals surface area contributed by atoms with Crippen LogP contribution in [-0.4, -0.2) is 20.9 Å². The number of hydrogen-bond acceptors (Lipinski definition) is 6. The highest BCUT2D eigenvalue weighted by molar-refractivity contribution is 5.86. The first-order valence-electron chi connectivity index (χ1n) is 4.69. The summed E-state index contributed by atoms with van der Waals surface area (Å²) in [5, 5.41) is 0.703. The summed E-state index contributed by atoms with van der Waals surface area (Å²) in [6.07, 6.45) is 1.64. The van der Waals surface area contributed by atoms with Crippen molar-refractivity contribution in [1.82, 2.24) is 15.0 Å². The number of nitrogens with one attached hydrogen (secondary N) is 1. The molecule has 0 bridgehead atoms. The zero-order chi connectivity index (χ0) is 11.5. The minimum Gasteiger partial charge on any atom is -0.342 e. The van der Waals surface area contributed by atoms with Crippen molar-refractivity contribution < 1.29 is 9.63 Å². The summed E-state index contributed by atoms with van der Waals surface area (Å²) in [6.45, 7) is 3.05. The van der Waals surface area contributed by atoms with Gasteiger partial charge in [0.1, 0.15) is 5.82 Å². The second kappa shape index (κ2) is 4.09. The molecule has 2 aromatic rings. The molecule has 6 heteroatoms. The molecule has 0 radical (unpaired) electrons. The number of fused-ring (bicyclic) bond motifs is 1. The lowest BCUT2D eigenvalue weighted by molar-refractivity contribution is -0.138. The lowest BCUT2D eigenvalue weighted by Crippen LogP contribution is -2.09. The summed E-state index contributed by atoms with van der Waals surface area (Å²) in [4.78, 5) is 27.8. The van der Waals surface area contributed by atoms with Gasteiger partial charge in [-0.25, -0.2) is 15.0 Å². The minimum atomic E-state index is -0.437. The number of pyridine rings is 1. The van der Waals surface area contributed by atoms with Crippen molar-refractivity contribution in [2.24, 2.45) is 0 Å². The molecule has 0 aliphatic carbocycles. The Morgan fingerprint density at radius 2 is 2.25 bits per heavy atom. The van der Waals surface area contributed by atoms with E-state index in [4.69, 9.17) is 0 Å². The molecule has 16 heavy (non-hydrogen) atoms. The molecule has 0 aromatic carbocycles. The van der Waals surface area contributed by atoms with E-state index in [9.17, 15) is 4.79 Å². The highest BCUT2D eigenvalue weighted by Gasteiger charge is 2.06. The van der Waals surface area contributed by atoms with E-state index in [1.54, 1.807) is 25.3 Å². The van der Waals surface area contributed by atoms with Gasteiger partial charge < -0.3 is 4.84 Å². The summed E-state index contributed by atoms with van der Waals surface area (Å²) in [7, 11) is 0. The first-order chi connectivity index (χ1) is 7.66. The average molecular weight is 218 g/mol. The van der Waals surface area contributed by atoms with Crippen LogP contribution in [0.3, 0.4) is 0 Å². The van der Waals surface area contributed by atoms with Crippen LogP contribution in [0, 0.1) is 6.92 Å². The van der Waals surface area contributed by atoms with Gasteiger partial charge in [-0.1, -0.05) is 0 Å². The molecule has 6 nitrogen and oxygen atoms in total. The van der Waals surface area contributed by atoms with Crippen LogP contribution >= 0.6 is 0 Å². The Balaban J connectivity index is 2.46. The zero-order valence-electron chi connectivity index (χ0n) is 8.89. The Labute approximate surface area is 91.6 Å². The Hall–Kier alpha value is -2.24. The zero-order valence-corrected chi connectivity index (χ0v) is 8.89. The van der Waals surface area contributed by atoms with E-state index in [-0.39, 0.29) is 0 Å². The highest BCUT2D eigenvalue weighted by Crippen LogP contribution is 2.17. The molecule has 0 atom stereocenters. The predicted molar refractivity (Wildman–Crippen MR) is 57.5 cm³/mol. The molecular weight excluding hydrogens is 208 g/mol. The number of carbonyl (C=O) groups is 1. The molecule has 0 aliphatic rings. The average Bonchev–Trinajstić information content (AvgIpc) is 2.25. The van der Waals surface area contributed by atoms with Crippen LogP contribution in [0.4, 0.5) is 5.82 Å². The van der Waals surface area contributed by atoms with Crippen LogP contribution in [0.5, 0.6) is 0 Å². The van der Waals surface area contributed by atoms with Crippen LogP contribution in [0.2, 0.25) is 0 Å². The quantitative estimate of drug-likeness (QED) is 0.764. The van der Waals surface area contributed by atoms with Gasteiger partial charge >= 0.3 is 5.97 Å². The monoisotopic (exact) mass is 218 g/mol. The molecule has 2 aromatic heterocycles. The molecule has 2 heterocycles. The van der Waals surface area contributed by atoms with Gasteiger partial charge in [-0.15, -0.1) is 0 Å². The third kappa shape index (κ3) is 2.05. The standard InChI is InChI=1S/C10H10N4O2/c1-6-12-9-8(4-3-5-11-9)10(13-6)14-16-7(2)15/h3-5H,1-2H3,(H,11,12,13,14). The normalized spacial score (nSPS) is 10.1. The highest BCUT2D eigenvalue weighted by atomic mass is 16.7. The number of nitrogens with zero attached hydrogens (tertiary/aromatic N) is 3. The Kier molecular flexibility index (Phi) is 2.63. The Morgan fingerprint density at radius 3 is 3.00 bits per heavy atom. The maximum Gasteiger partial charge on any atom is 0.329 e. The Morgan fingerprint density at radius 1 is 1.44 bits per heavy atom. The fraction of sp³-hybridized carbons (Fsp3) is 0.200. The lowest BCUT2D eigenvalue weighted by atomic mass is 10.3. The number of aromatic nitrogens is 3. The number of hydrogen-bond donors (Lipinski definition) is 1. The van der Waals surface area contributed by atoms with E-state index in [0.29, 0.717) is 22.7 Å². The molecule has 0 fully saturated rings. The molecule has 0 saturated heterocycles. The number of anilines is 1. The molecule has 1 N–H and O–H groups in total. The van der Waals surface area contributed by atoms with Crippen molar-refractivity contribution >= 4 is 22.8 Å². The van der Waals surface area contributed by atoms with E-state index in [1.165, 1.54) is 6.92 Å². The van der Waals surface area contributed by atoms with Gasteiger partial charge in [-0.2, -0.15) is 5.48 Å². The lowest BCUT2D eigenvalue weighted by Gasteiger charge is -2.07. The van der Waals surface area contributed by atoms with Gasteiger partial charge in [-0.3, -0.25) is 4.79 Å². The van der Waals surface area contributed by atoms with E-state index < -0.39 is 5.97 Å². The molecule has 0 aliphatic heterocycles. The largest absolute Gasteiger partial charge is 0.342 e. The van der Waals surface area contributed by atoms with E-state index in [1.807, 2.05) is 0 Å². The topological polar surface area (TPSA) is 77.0 Å².